The molecule has 21 heavy (non-hydrogen) atoms. The fourth-order valence-corrected chi connectivity index (χ4v) is 3.45. The summed E-state index contributed by atoms with van der Waals surface area (Å²) in [5, 5.41) is 9.99. The average molecular weight is 301 g/mol. The van der Waals surface area contributed by atoms with Gasteiger partial charge >= 0.3 is 0 Å². The number of nitrogens with zero attached hydrogens (tertiary/aromatic N) is 2. The zero-order valence-corrected chi connectivity index (χ0v) is 13.0. The van der Waals surface area contributed by atoms with Crippen molar-refractivity contribution in [2.24, 2.45) is 0 Å². The molecule has 0 aliphatic heterocycles. The number of hydrogen-bond acceptors (Lipinski definition) is 4. The number of aliphatic hydroxyl groups is 1. The Morgan fingerprint density at radius 2 is 2.05 bits per heavy atom. The van der Waals surface area contributed by atoms with Crippen LogP contribution in [0.5, 0.6) is 0 Å². The van der Waals surface area contributed by atoms with Gasteiger partial charge in [-0.3, -0.25) is 0 Å². The molecule has 2 aromatic heterocycles. The molecule has 110 valence electrons. The van der Waals surface area contributed by atoms with E-state index >= 15 is 0 Å². The largest absolute Gasteiger partial charge is 0.399 e. The molecule has 0 amide bonds. The summed E-state index contributed by atoms with van der Waals surface area (Å²) in [4.78, 5) is 7.17. The van der Waals surface area contributed by atoms with Crippen LogP contribution in [0.2, 0.25) is 0 Å². The van der Waals surface area contributed by atoms with Crippen LogP contribution in [0.3, 0.4) is 0 Å². The zero-order chi connectivity index (χ0) is 15.0. The third-order valence-corrected chi connectivity index (χ3v) is 4.77. The second-order valence-corrected chi connectivity index (χ2v) is 6.45. The van der Waals surface area contributed by atoms with Gasteiger partial charge in [-0.15, -0.1) is 11.3 Å². The first-order valence-electron chi connectivity index (χ1n) is 7.09. The first-order chi connectivity index (χ1) is 10.1. The Morgan fingerprint density at radius 1 is 1.29 bits per heavy atom. The van der Waals surface area contributed by atoms with Gasteiger partial charge in [0.05, 0.1) is 17.6 Å². The monoisotopic (exact) mass is 301 g/mol. The normalized spacial score (nSPS) is 12.9. The van der Waals surface area contributed by atoms with E-state index in [1.54, 1.807) is 6.92 Å². The van der Waals surface area contributed by atoms with E-state index < -0.39 is 6.10 Å². The summed E-state index contributed by atoms with van der Waals surface area (Å²) in [6, 6.07) is 10.0. The summed E-state index contributed by atoms with van der Waals surface area (Å²) < 4.78 is 2.07. The van der Waals surface area contributed by atoms with Crippen LogP contribution >= 0.6 is 11.3 Å². The van der Waals surface area contributed by atoms with E-state index in [4.69, 9.17) is 5.73 Å². The quantitative estimate of drug-likeness (QED) is 0.726. The molecule has 0 fully saturated rings. The fourth-order valence-electron chi connectivity index (χ4n) is 2.50. The number of aromatic nitrogens is 2. The van der Waals surface area contributed by atoms with Crippen molar-refractivity contribution in [1.29, 1.82) is 0 Å². The lowest BCUT2D eigenvalue weighted by Gasteiger charge is -2.09. The molecule has 1 unspecified atom stereocenters. The lowest BCUT2D eigenvalue weighted by molar-refractivity contribution is 0.185. The van der Waals surface area contributed by atoms with E-state index in [0.717, 1.165) is 24.0 Å². The van der Waals surface area contributed by atoms with Crippen LogP contribution in [0, 0.1) is 0 Å². The van der Waals surface area contributed by atoms with Crippen LogP contribution in [-0.2, 0) is 13.0 Å². The maximum absolute atomic E-state index is 9.99. The number of aliphatic hydroxyl groups excluding tert-OH is 1. The summed E-state index contributed by atoms with van der Waals surface area (Å²) in [7, 11) is 0. The van der Waals surface area contributed by atoms with Crippen molar-refractivity contribution in [3.05, 3.63) is 45.9 Å². The number of thiophene rings is 1. The van der Waals surface area contributed by atoms with E-state index in [2.05, 4.69) is 28.6 Å². The second-order valence-electron chi connectivity index (χ2n) is 5.20. The van der Waals surface area contributed by atoms with Crippen LogP contribution in [0.25, 0.3) is 11.0 Å². The molecule has 3 rings (SSSR count). The molecule has 5 heteroatoms. The highest BCUT2D eigenvalue weighted by molar-refractivity contribution is 7.11. The van der Waals surface area contributed by atoms with Gasteiger partial charge in [-0.25, -0.2) is 4.98 Å². The molecule has 3 N–H and O–H groups in total. The molecule has 0 aliphatic carbocycles. The van der Waals surface area contributed by atoms with Crippen molar-refractivity contribution in [3.8, 4) is 0 Å². The molecular formula is C16H19N3OS. The number of nitrogens with two attached hydrogens (primary N) is 1. The highest BCUT2D eigenvalue weighted by Gasteiger charge is 2.15. The molecule has 1 atom stereocenters. The number of aryl methyl sites for hydroxylation is 1. The van der Waals surface area contributed by atoms with Gasteiger partial charge in [0.2, 0.25) is 0 Å². The van der Waals surface area contributed by atoms with Gasteiger partial charge in [-0.2, -0.15) is 0 Å². The van der Waals surface area contributed by atoms with Gasteiger partial charge in [-0.05, 0) is 43.7 Å². The van der Waals surface area contributed by atoms with Gasteiger partial charge in [0, 0.05) is 15.4 Å². The Bertz CT molecular complexity index is 773. The molecular weight excluding hydrogens is 282 g/mol. The van der Waals surface area contributed by atoms with Gasteiger partial charge in [0.1, 0.15) is 11.9 Å². The van der Waals surface area contributed by atoms with Gasteiger partial charge in [0.25, 0.3) is 0 Å². The Labute approximate surface area is 127 Å². The Hall–Kier alpha value is -1.85. The van der Waals surface area contributed by atoms with E-state index in [-0.39, 0.29) is 0 Å². The molecule has 0 saturated heterocycles. The van der Waals surface area contributed by atoms with Gasteiger partial charge in [0.15, 0.2) is 0 Å². The topological polar surface area (TPSA) is 64.1 Å². The number of nitrogen functional groups attached to an aromatic ring is 1. The Kier molecular flexibility index (Phi) is 3.69. The van der Waals surface area contributed by atoms with Crippen molar-refractivity contribution >= 4 is 28.1 Å². The second kappa shape index (κ2) is 5.50. The van der Waals surface area contributed by atoms with Crippen molar-refractivity contribution < 1.29 is 5.11 Å². The summed E-state index contributed by atoms with van der Waals surface area (Å²) in [6.07, 6.45) is 0.444. The third kappa shape index (κ3) is 2.66. The molecule has 4 nitrogen and oxygen atoms in total. The average Bonchev–Trinajstić information content (AvgIpc) is 3.04. The summed E-state index contributed by atoms with van der Waals surface area (Å²) in [6.45, 7) is 4.63. The Morgan fingerprint density at radius 3 is 2.71 bits per heavy atom. The van der Waals surface area contributed by atoms with E-state index in [1.807, 2.05) is 29.5 Å². The lowest BCUT2D eigenvalue weighted by Crippen LogP contribution is -2.07. The molecule has 0 bridgehead atoms. The predicted molar refractivity (Wildman–Crippen MR) is 87.6 cm³/mol. The summed E-state index contributed by atoms with van der Waals surface area (Å²) >= 11 is 1.81. The highest BCUT2D eigenvalue weighted by atomic mass is 32.1. The number of rotatable bonds is 4. The predicted octanol–water partition coefficient (Wildman–Crippen LogP) is 3.34. The smallest absolute Gasteiger partial charge is 0.138 e. The first-order valence-corrected chi connectivity index (χ1v) is 7.91. The molecule has 0 saturated carbocycles. The van der Waals surface area contributed by atoms with Crippen molar-refractivity contribution in [2.45, 2.75) is 32.9 Å². The first kappa shape index (κ1) is 14.1. The molecule has 0 radical (unpaired) electrons. The number of hydrogen-bond donors (Lipinski definition) is 2. The van der Waals surface area contributed by atoms with Crippen molar-refractivity contribution in [3.63, 3.8) is 0 Å². The molecule has 0 spiro atoms. The maximum atomic E-state index is 9.99. The van der Waals surface area contributed by atoms with Crippen LogP contribution in [0.15, 0.2) is 30.3 Å². The van der Waals surface area contributed by atoms with Crippen molar-refractivity contribution in [1.82, 2.24) is 9.55 Å². The van der Waals surface area contributed by atoms with Gasteiger partial charge in [-0.1, -0.05) is 6.92 Å². The van der Waals surface area contributed by atoms with E-state index in [9.17, 15) is 5.11 Å². The standard InChI is InChI=1S/C16H19N3OS/c1-3-12-5-6-13(21-12)9-19-15-7-4-11(17)8-14(15)18-16(19)10(2)20/h4-8,10,20H,3,9,17H2,1-2H3. The van der Waals surface area contributed by atoms with Crippen molar-refractivity contribution in [2.75, 3.05) is 5.73 Å². The fraction of sp³-hybridized carbons (Fsp3) is 0.312. The third-order valence-electron chi connectivity index (χ3n) is 3.56. The summed E-state index contributed by atoms with van der Waals surface area (Å²) in [5.74, 6) is 0.682. The number of anilines is 1. The zero-order valence-electron chi connectivity index (χ0n) is 12.2. The number of fused-ring (bicyclic) bond motifs is 1. The molecule has 3 aromatic rings. The number of benzene rings is 1. The number of imidazole rings is 1. The minimum absolute atomic E-state index is 0.607. The highest BCUT2D eigenvalue weighted by Crippen LogP contribution is 2.26. The lowest BCUT2D eigenvalue weighted by atomic mass is 10.3. The molecule has 1 aromatic carbocycles. The minimum Gasteiger partial charge on any atom is -0.399 e. The van der Waals surface area contributed by atoms with Crippen LogP contribution in [-0.4, -0.2) is 14.7 Å². The SMILES string of the molecule is CCc1ccc(Cn2c(C(C)O)nc3cc(N)ccc32)s1. The molecule has 0 aliphatic rings. The maximum Gasteiger partial charge on any atom is 0.138 e. The summed E-state index contributed by atoms with van der Waals surface area (Å²) in [5.41, 5.74) is 8.35. The van der Waals surface area contributed by atoms with E-state index in [1.165, 1.54) is 9.75 Å². The van der Waals surface area contributed by atoms with E-state index in [0.29, 0.717) is 11.5 Å². The van der Waals surface area contributed by atoms with Crippen LogP contribution in [0.4, 0.5) is 5.69 Å². The Balaban J connectivity index is 2.08. The minimum atomic E-state index is -0.607. The van der Waals surface area contributed by atoms with Crippen LogP contribution < -0.4 is 5.73 Å². The molecule has 2 heterocycles. The van der Waals surface area contributed by atoms with Crippen LogP contribution in [0.1, 0.15) is 35.5 Å². The van der Waals surface area contributed by atoms with Gasteiger partial charge < -0.3 is 15.4 Å².